The van der Waals surface area contributed by atoms with Crippen LogP contribution in [0, 0.1) is 6.92 Å². The summed E-state index contributed by atoms with van der Waals surface area (Å²) in [7, 11) is 0. The summed E-state index contributed by atoms with van der Waals surface area (Å²) in [4.78, 5) is 15.6. The second-order valence-corrected chi connectivity index (χ2v) is 6.22. The maximum Gasteiger partial charge on any atom is 0.138 e. The van der Waals surface area contributed by atoms with Crippen LogP contribution >= 0.6 is 0 Å². The molecule has 5 rings (SSSR count). The summed E-state index contributed by atoms with van der Waals surface area (Å²) in [5.74, 6) is 1.77. The Kier molecular flexibility index (Phi) is 2.97. The van der Waals surface area contributed by atoms with E-state index < -0.39 is 0 Å². The third-order valence-corrected chi connectivity index (χ3v) is 4.65. The summed E-state index contributed by atoms with van der Waals surface area (Å²) in [6, 6.07) is 15.0. The molecule has 2 N–H and O–H groups in total. The number of fused-ring (bicyclic) bond motifs is 2. The van der Waals surface area contributed by atoms with E-state index in [-0.39, 0.29) is 0 Å². The minimum absolute atomic E-state index is 0.885. The zero-order valence-electron chi connectivity index (χ0n) is 13.7. The van der Waals surface area contributed by atoms with Gasteiger partial charge in [0.1, 0.15) is 11.6 Å². The standard InChI is InChI=1S/C21H16N4/c1-13-6-7-16-17(12-13)19(21-24-10-11-25-21)15-5-3-2-4-14(15)18(16)20-22-8-9-23-20/h2-12H,1H3,(H,22,23)(H,24,25). The number of H-pyrrole nitrogens is 2. The molecule has 0 saturated carbocycles. The Labute approximate surface area is 144 Å². The van der Waals surface area contributed by atoms with Gasteiger partial charge in [0.15, 0.2) is 0 Å². The molecule has 0 aliphatic rings. The molecule has 0 aliphatic heterocycles. The van der Waals surface area contributed by atoms with E-state index in [1.807, 2.05) is 12.4 Å². The van der Waals surface area contributed by atoms with Crippen molar-refractivity contribution in [3.8, 4) is 22.8 Å². The largest absolute Gasteiger partial charge is 0.345 e. The number of benzene rings is 3. The second-order valence-electron chi connectivity index (χ2n) is 6.22. The highest BCUT2D eigenvalue weighted by Crippen LogP contribution is 2.41. The monoisotopic (exact) mass is 324 g/mol. The minimum Gasteiger partial charge on any atom is -0.345 e. The third-order valence-electron chi connectivity index (χ3n) is 4.65. The molecule has 0 fully saturated rings. The van der Waals surface area contributed by atoms with Crippen LogP contribution in [0.1, 0.15) is 5.56 Å². The van der Waals surface area contributed by atoms with E-state index in [0.29, 0.717) is 0 Å². The maximum atomic E-state index is 4.53. The summed E-state index contributed by atoms with van der Waals surface area (Å²) < 4.78 is 0. The number of hydrogen-bond acceptors (Lipinski definition) is 2. The Morgan fingerprint density at radius 3 is 1.80 bits per heavy atom. The van der Waals surface area contributed by atoms with E-state index in [1.165, 1.54) is 27.1 Å². The van der Waals surface area contributed by atoms with Crippen molar-refractivity contribution >= 4 is 21.5 Å². The van der Waals surface area contributed by atoms with Crippen LogP contribution in [0.3, 0.4) is 0 Å². The third kappa shape index (κ3) is 2.08. The number of rotatable bonds is 2. The first-order valence-electron chi connectivity index (χ1n) is 8.27. The van der Waals surface area contributed by atoms with Crippen LogP contribution in [0.15, 0.2) is 67.3 Å². The molecule has 4 heteroatoms. The topological polar surface area (TPSA) is 57.4 Å². The van der Waals surface area contributed by atoms with Gasteiger partial charge in [-0.05, 0) is 28.5 Å². The molecule has 0 atom stereocenters. The molecule has 0 bridgehead atoms. The molecule has 5 aromatic rings. The number of aryl methyl sites for hydroxylation is 1. The molecule has 0 spiro atoms. The highest BCUT2D eigenvalue weighted by Gasteiger charge is 2.18. The molecule has 0 saturated heterocycles. The van der Waals surface area contributed by atoms with Crippen LogP contribution < -0.4 is 0 Å². The lowest BCUT2D eigenvalue weighted by Crippen LogP contribution is -1.93. The molecule has 0 amide bonds. The van der Waals surface area contributed by atoms with Crippen molar-refractivity contribution < 1.29 is 0 Å². The number of nitrogens with zero attached hydrogens (tertiary/aromatic N) is 2. The average Bonchev–Trinajstić information content (AvgIpc) is 3.33. The van der Waals surface area contributed by atoms with Crippen molar-refractivity contribution in [1.29, 1.82) is 0 Å². The summed E-state index contributed by atoms with van der Waals surface area (Å²) >= 11 is 0. The molecule has 4 nitrogen and oxygen atoms in total. The van der Waals surface area contributed by atoms with E-state index in [0.717, 1.165) is 22.8 Å². The number of hydrogen-bond donors (Lipinski definition) is 2. The highest BCUT2D eigenvalue weighted by atomic mass is 14.9. The Morgan fingerprint density at radius 2 is 1.24 bits per heavy atom. The van der Waals surface area contributed by atoms with Gasteiger partial charge in [0.2, 0.25) is 0 Å². The quantitative estimate of drug-likeness (QED) is 0.445. The SMILES string of the molecule is Cc1ccc2c(-c3ncc[nH]3)c3ccccc3c(-c3ncc[nH]3)c2c1. The normalized spacial score (nSPS) is 11.4. The highest BCUT2D eigenvalue weighted by molar-refractivity contribution is 6.20. The van der Waals surface area contributed by atoms with Crippen molar-refractivity contribution in [2.45, 2.75) is 6.92 Å². The molecule has 3 aromatic carbocycles. The Bertz CT molecular complexity index is 1190. The van der Waals surface area contributed by atoms with Gasteiger partial charge < -0.3 is 9.97 Å². The van der Waals surface area contributed by atoms with E-state index in [4.69, 9.17) is 0 Å². The van der Waals surface area contributed by atoms with Crippen LogP contribution in [0.25, 0.3) is 44.3 Å². The zero-order chi connectivity index (χ0) is 16.8. The van der Waals surface area contributed by atoms with E-state index in [2.05, 4.69) is 69.3 Å². The molecule has 0 radical (unpaired) electrons. The van der Waals surface area contributed by atoms with Crippen LogP contribution in [-0.4, -0.2) is 19.9 Å². The molecule has 2 heterocycles. The van der Waals surface area contributed by atoms with E-state index in [9.17, 15) is 0 Å². The lowest BCUT2D eigenvalue weighted by Gasteiger charge is -2.15. The van der Waals surface area contributed by atoms with Crippen molar-refractivity contribution in [2.24, 2.45) is 0 Å². The first-order chi connectivity index (χ1) is 12.3. The van der Waals surface area contributed by atoms with Crippen LogP contribution in [0.5, 0.6) is 0 Å². The zero-order valence-corrected chi connectivity index (χ0v) is 13.7. The Balaban J connectivity index is 2.07. The fourth-order valence-corrected chi connectivity index (χ4v) is 3.61. The van der Waals surface area contributed by atoms with Gasteiger partial charge in [-0.3, -0.25) is 0 Å². The second kappa shape index (κ2) is 5.31. The molecule has 2 aromatic heterocycles. The number of nitrogens with one attached hydrogen (secondary N) is 2. The van der Waals surface area contributed by atoms with Gasteiger partial charge in [-0.25, -0.2) is 9.97 Å². The van der Waals surface area contributed by atoms with Gasteiger partial charge in [-0.1, -0.05) is 48.0 Å². The summed E-state index contributed by atoms with van der Waals surface area (Å²) in [5.41, 5.74) is 3.49. The predicted octanol–water partition coefficient (Wildman–Crippen LogP) is 5.08. The van der Waals surface area contributed by atoms with Gasteiger partial charge >= 0.3 is 0 Å². The summed E-state index contributed by atoms with van der Waals surface area (Å²) in [6.07, 6.45) is 7.33. The van der Waals surface area contributed by atoms with E-state index in [1.54, 1.807) is 12.4 Å². The average molecular weight is 324 g/mol. The minimum atomic E-state index is 0.885. The van der Waals surface area contributed by atoms with E-state index >= 15 is 0 Å². The Hall–Kier alpha value is -3.40. The van der Waals surface area contributed by atoms with Gasteiger partial charge in [0.25, 0.3) is 0 Å². The fourth-order valence-electron chi connectivity index (χ4n) is 3.61. The molecule has 120 valence electrons. The van der Waals surface area contributed by atoms with Crippen LogP contribution in [-0.2, 0) is 0 Å². The predicted molar refractivity (Wildman–Crippen MR) is 101 cm³/mol. The number of imidazole rings is 2. The lowest BCUT2D eigenvalue weighted by atomic mass is 9.90. The Morgan fingerprint density at radius 1 is 0.680 bits per heavy atom. The summed E-state index contributed by atoms with van der Waals surface area (Å²) in [6.45, 7) is 2.12. The van der Waals surface area contributed by atoms with Crippen molar-refractivity contribution in [2.75, 3.05) is 0 Å². The lowest BCUT2D eigenvalue weighted by molar-refractivity contribution is 1.31. The maximum absolute atomic E-state index is 4.53. The fraction of sp³-hybridized carbons (Fsp3) is 0.0476. The molecule has 0 unspecified atom stereocenters. The molecular formula is C21H16N4. The van der Waals surface area contributed by atoms with Gasteiger partial charge in [0.05, 0.1) is 0 Å². The molecular weight excluding hydrogens is 308 g/mol. The van der Waals surface area contributed by atoms with Crippen molar-refractivity contribution in [1.82, 2.24) is 19.9 Å². The number of aromatic nitrogens is 4. The molecule has 0 aliphatic carbocycles. The van der Waals surface area contributed by atoms with Gasteiger partial charge in [0, 0.05) is 35.9 Å². The first-order valence-corrected chi connectivity index (χ1v) is 8.27. The van der Waals surface area contributed by atoms with Gasteiger partial charge in [-0.2, -0.15) is 0 Å². The van der Waals surface area contributed by atoms with Crippen LogP contribution in [0.4, 0.5) is 0 Å². The van der Waals surface area contributed by atoms with Gasteiger partial charge in [-0.15, -0.1) is 0 Å². The first kappa shape index (κ1) is 14.0. The van der Waals surface area contributed by atoms with Crippen LogP contribution in [0.2, 0.25) is 0 Å². The summed E-state index contributed by atoms with van der Waals surface area (Å²) in [5, 5.41) is 4.69. The van der Waals surface area contributed by atoms with Crippen molar-refractivity contribution in [3.05, 3.63) is 72.8 Å². The smallest absolute Gasteiger partial charge is 0.138 e. The van der Waals surface area contributed by atoms with Crippen molar-refractivity contribution in [3.63, 3.8) is 0 Å². The number of aromatic amines is 2. The molecule has 25 heavy (non-hydrogen) atoms.